The third-order valence-corrected chi connectivity index (χ3v) is 8.73. The first-order chi connectivity index (χ1) is 21.8. The Bertz CT molecular complexity index is 2610. The summed E-state index contributed by atoms with van der Waals surface area (Å²) in [5.74, 6) is 0. The molecule has 0 saturated carbocycles. The summed E-state index contributed by atoms with van der Waals surface area (Å²) in [5.41, 5.74) is 7.36. The summed E-state index contributed by atoms with van der Waals surface area (Å²) in [5, 5.41) is 9.41. The molecule has 0 fully saturated rings. The molecule has 0 N–H and O–H groups in total. The Morgan fingerprint density at radius 3 is 1.73 bits per heavy atom. The molecule has 9 rings (SSSR count). The Hall–Kier alpha value is -5.93. The number of hydrogen-bond acceptors (Lipinski definition) is 2. The van der Waals surface area contributed by atoms with Crippen LogP contribution in [0.3, 0.4) is 0 Å². The zero-order valence-electron chi connectivity index (χ0n) is 23.8. The van der Waals surface area contributed by atoms with Crippen LogP contribution >= 0.6 is 0 Å². The SMILES string of the molecule is c1ccc(-n2c3ccccc3c3ccccc3c3ccccc3c3cc(-c4ccc5oc6cnccc6c5c4)ccc32)cc1. The van der Waals surface area contributed by atoms with E-state index in [0.29, 0.717) is 0 Å². The molecule has 6 aromatic carbocycles. The van der Waals surface area contributed by atoms with Crippen LogP contribution in [0, 0.1) is 0 Å². The van der Waals surface area contributed by atoms with Gasteiger partial charge in [-0.3, -0.25) is 4.98 Å². The number of furan rings is 1. The number of fused-ring (bicyclic) bond motifs is 10. The standard InChI is InChI=1S/C41H26N2O/c1-2-10-29(11-3-1)43-38-17-9-8-16-34(38)32-14-6-4-12-30(32)31-13-5-7-15-33(31)36-24-27(18-20-39(36)43)28-19-21-40-37(25-28)35-22-23-42-26-41(35)44-40/h1-26H. The molecule has 0 aliphatic carbocycles. The Labute approximate surface area is 253 Å². The summed E-state index contributed by atoms with van der Waals surface area (Å²) in [7, 11) is 0. The lowest BCUT2D eigenvalue weighted by Gasteiger charge is -2.14. The fourth-order valence-corrected chi connectivity index (χ4v) is 6.72. The lowest BCUT2D eigenvalue weighted by molar-refractivity contribution is 0.667. The van der Waals surface area contributed by atoms with Crippen molar-refractivity contribution in [2.24, 2.45) is 0 Å². The molecule has 0 saturated heterocycles. The van der Waals surface area contributed by atoms with E-state index in [1.165, 1.54) is 32.3 Å². The lowest BCUT2D eigenvalue weighted by atomic mass is 9.98. The Balaban J connectivity index is 1.49. The zero-order valence-corrected chi connectivity index (χ0v) is 23.8. The minimum absolute atomic E-state index is 0.804. The molecule has 0 bridgehead atoms. The highest BCUT2D eigenvalue weighted by Crippen LogP contribution is 2.37. The number of para-hydroxylation sites is 2. The van der Waals surface area contributed by atoms with E-state index in [4.69, 9.17) is 4.42 Å². The molecule has 3 nitrogen and oxygen atoms in total. The second kappa shape index (κ2) is 9.82. The van der Waals surface area contributed by atoms with Crippen molar-refractivity contribution in [2.45, 2.75) is 0 Å². The number of hydrogen-bond donors (Lipinski definition) is 0. The van der Waals surface area contributed by atoms with Crippen LogP contribution in [0.1, 0.15) is 0 Å². The van der Waals surface area contributed by atoms with Gasteiger partial charge in [0, 0.05) is 33.4 Å². The predicted octanol–water partition coefficient (Wildman–Crippen LogP) is 11.2. The molecule has 3 heterocycles. The van der Waals surface area contributed by atoms with E-state index in [1.54, 1.807) is 6.20 Å². The van der Waals surface area contributed by atoms with Gasteiger partial charge in [0.15, 0.2) is 5.58 Å². The van der Waals surface area contributed by atoms with Gasteiger partial charge >= 0.3 is 0 Å². The third kappa shape index (κ3) is 3.80. The molecular weight excluding hydrogens is 536 g/mol. The monoisotopic (exact) mass is 562 g/mol. The van der Waals surface area contributed by atoms with Gasteiger partial charge in [-0.05, 0) is 81.2 Å². The normalized spacial score (nSPS) is 11.6. The molecule has 0 aliphatic heterocycles. The molecule has 9 aromatic rings. The maximum absolute atomic E-state index is 6.09. The van der Waals surface area contributed by atoms with Crippen molar-refractivity contribution in [3.8, 4) is 16.8 Å². The van der Waals surface area contributed by atoms with E-state index in [2.05, 4.69) is 149 Å². The minimum Gasteiger partial charge on any atom is -0.454 e. The van der Waals surface area contributed by atoms with Gasteiger partial charge in [-0.15, -0.1) is 0 Å². The summed E-state index contributed by atoms with van der Waals surface area (Å²) in [4.78, 5) is 4.25. The van der Waals surface area contributed by atoms with Crippen LogP contribution in [0.5, 0.6) is 0 Å². The second-order valence-electron chi connectivity index (χ2n) is 11.2. The second-order valence-corrected chi connectivity index (χ2v) is 11.2. The van der Waals surface area contributed by atoms with E-state index in [-0.39, 0.29) is 0 Å². The Kier molecular flexibility index (Phi) is 5.50. The van der Waals surface area contributed by atoms with E-state index < -0.39 is 0 Å². The summed E-state index contributed by atoms with van der Waals surface area (Å²) in [6.07, 6.45) is 3.61. The van der Waals surface area contributed by atoms with Crippen molar-refractivity contribution in [1.29, 1.82) is 0 Å². The number of pyridine rings is 1. The number of benzene rings is 6. The number of nitrogens with zero attached hydrogens (tertiary/aromatic N) is 2. The van der Waals surface area contributed by atoms with Gasteiger partial charge in [0.2, 0.25) is 0 Å². The zero-order chi connectivity index (χ0) is 29.0. The van der Waals surface area contributed by atoms with Crippen molar-refractivity contribution in [3.05, 3.63) is 158 Å². The van der Waals surface area contributed by atoms with Gasteiger partial charge in [-0.25, -0.2) is 0 Å². The summed E-state index contributed by atoms with van der Waals surface area (Å²) < 4.78 is 8.49. The highest BCUT2D eigenvalue weighted by atomic mass is 16.3. The smallest absolute Gasteiger partial charge is 0.153 e. The quantitative estimate of drug-likeness (QED) is 0.210. The van der Waals surface area contributed by atoms with Gasteiger partial charge in [0.1, 0.15) is 5.58 Å². The molecule has 0 aliphatic rings. The van der Waals surface area contributed by atoms with Gasteiger partial charge in [0.25, 0.3) is 0 Å². The Morgan fingerprint density at radius 2 is 0.977 bits per heavy atom. The van der Waals surface area contributed by atoms with Gasteiger partial charge < -0.3 is 8.98 Å². The summed E-state index contributed by atoms with van der Waals surface area (Å²) in [6.45, 7) is 0. The average molecular weight is 563 g/mol. The first-order valence-corrected chi connectivity index (χ1v) is 14.9. The molecule has 0 amide bonds. The first kappa shape index (κ1) is 24.6. The molecule has 3 aromatic heterocycles. The number of aromatic nitrogens is 2. The van der Waals surface area contributed by atoms with E-state index in [9.17, 15) is 0 Å². The highest BCUT2D eigenvalue weighted by molar-refractivity contribution is 6.20. The molecule has 3 heteroatoms. The van der Waals surface area contributed by atoms with Crippen LogP contribution in [0.4, 0.5) is 0 Å². The average Bonchev–Trinajstić information content (AvgIpc) is 3.48. The summed E-state index contributed by atoms with van der Waals surface area (Å²) >= 11 is 0. The van der Waals surface area contributed by atoms with E-state index >= 15 is 0 Å². The summed E-state index contributed by atoms with van der Waals surface area (Å²) in [6, 6.07) is 52.4. The lowest BCUT2D eigenvalue weighted by Crippen LogP contribution is -1.97. The van der Waals surface area contributed by atoms with Crippen LogP contribution in [-0.4, -0.2) is 9.55 Å². The highest BCUT2D eigenvalue weighted by Gasteiger charge is 2.13. The maximum atomic E-state index is 6.09. The van der Waals surface area contributed by atoms with Crippen molar-refractivity contribution < 1.29 is 4.42 Å². The largest absolute Gasteiger partial charge is 0.454 e. The number of rotatable bonds is 2. The van der Waals surface area contributed by atoms with E-state index in [1.807, 2.05) is 12.3 Å². The molecule has 0 spiro atoms. The van der Waals surface area contributed by atoms with E-state index in [0.717, 1.165) is 49.8 Å². The fraction of sp³-hybridized carbons (Fsp3) is 0. The van der Waals surface area contributed by atoms with Gasteiger partial charge in [-0.1, -0.05) is 97.1 Å². The molecule has 44 heavy (non-hydrogen) atoms. The van der Waals surface area contributed by atoms with Crippen LogP contribution in [0.2, 0.25) is 0 Å². The molecule has 0 unspecified atom stereocenters. The van der Waals surface area contributed by atoms with Crippen molar-refractivity contribution in [1.82, 2.24) is 9.55 Å². The predicted molar refractivity (Wildman–Crippen MR) is 184 cm³/mol. The van der Waals surface area contributed by atoms with Crippen LogP contribution in [0.15, 0.2) is 162 Å². The fourth-order valence-electron chi connectivity index (χ4n) is 6.72. The van der Waals surface area contributed by atoms with Gasteiger partial charge in [-0.2, -0.15) is 0 Å². The van der Waals surface area contributed by atoms with Crippen molar-refractivity contribution in [3.63, 3.8) is 0 Å². The van der Waals surface area contributed by atoms with Crippen molar-refractivity contribution in [2.75, 3.05) is 0 Å². The van der Waals surface area contributed by atoms with Crippen molar-refractivity contribution >= 4 is 65.3 Å². The molecule has 206 valence electrons. The Morgan fingerprint density at radius 1 is 0.409 bits per heavy atom. The maximum Gasteiger partial charge on any atom is 0.153 e. The molecular formula is C41H26N2O. The third-order valence-electron chi connectivity index (χ3n) is 8.73. The molecule has 0 radical (unpaired) electrons. The van der Waals surface area contributed by atoms with Crippen LogP contribution < -0.4 is 0 Å². The van der Waals surface area contributed by atoms with Crippen LogP contribution in [0.25, 0.3) is 82.1 Å². The minimum atomic E-state index is 0.804. The topological polar surface area (TPSA) is 31.0 Å². The van der Waals surface area contributed by atoms with Crippen LogP contribution in [-0.2, 0) is 0 Å². The first-order valence-electron chi connectivity index (χ1n) is 14.9. The van der Waals surface area contributed by atoms with Gasteiger partial charge in [0.05, 0.1) is 17.2 Å². The molecule has 0 atom stereocenters.